The van der Waals surface area contributed by atoms with E-state index in [1.807, 2.05) is 6.92 Å². The number of carbonyl (C=O) groups excluding carboxylic acids is 1. The summed E-state index contributed by atoms with van der Waals surface area (Å²) in [6.07, 6.45) is 3.71. The summed E-state index contributed by atoms with van der Waals surface area (Å²) in [6.45, 7) is 2.54. The summed E-state index contributed by atoms with van der Waals surface area (Å²) in [7, 11) is -1.84. The normalized spacial score (nSPS) is 15.6. The van der Waals surface area contributed by atoms with Crippen molar-refractivity contribution in [2.24, 2.45) is 5.92 Å². The zero-order valence-electron chi connectivity index (χ0n) is 12.0. The molecule has 1 aliphatic carbocycles. The number of rotatable bonds is 7. The second-order valence-electron chi connectivity index (χ2n) is 5.34. The molecule has 110 valence electrons. The van der Waals surface area contributed by atoms with Crippen molar-refractivity contribution in [2.45, 2.75) is 37.5 Å². The first kappa shape index (κ1) is 15.2. The van der Waals surface area contributed by atoms with Crippen molar-refractivity contribution in [1.82, 2.24) is 4.31 Å². The highest BCUT2D eigenvalue weighted by Crippen LogP contribution is 2.32. The summed E-state index contributed by atoms with van der Waals surface area (Å²) in [6, 6.07) is 6.32. The van der Waals surface area contributed by atoms with Gasteiger partial charge in [-0.2, -0.15) is 0 Å². The van der Waals surface area contributed by atoms with Crippen molar-refractivity contribution in [3.63, 3.8) is 0 Å². The highest BCUT2D eigenvalue weighted by Gasteiger charge is 2.30. The summed E-state index contributed by atoms with van der Waals surface area (Å²) in [5.74, 6) is 0.290. The van der Waals surface area contributed by atoms with Gasteiger partial charge in [0.05, 0.1) is 4.90 Å². The maximum atomic E-state index is 12.3. The van der Waals surface area contributed by atoms with E-state index in [2.05, 4.69) is 0 Å². The molecule has 0 saturated heterocycles. The van der Waals surface area contributed by atoms with E-state index in [0.29, 0.717) is 12.1 Å². The largest absolute Gasteiger partial charge is 0.294 e. The first-order valence-electron chi connectivity index (χ1n) is 7.07. The number of carbonyl (C=O) groups is 1. The Labute approximate surface area is 120 Å². The number of nitrogens with zero attached hydrogens (tertiary/aromatic N) is 1. The Morgan fingerprint density at radius 2 is 1.85 bits per heavy atom. The molecule has 1 fully saturated rings. The smallest absolute Gasteiger partial charge is 0.242 e. The fourth-order valence-corrected chi connectivity index (χ4v) is 3.26. The van der Waals surface area contributed by atoms with Gasteiger partial charge in [-0.3, -0.25) is 4.79 Å². The summed E-state index contributed by atoms with van der Waals surface area (Å²) in [4.78, 5) is 12.1. The number of hydrogen-bond donors (Lipinski definition) is 0. The van der Waals surface area contributed by atoms with E-state index >= 15 is 0 Å². The van der Waals surface area contributed by atoms with Crippen LogP contribution >= 0.6 is 0 Å². The second kappa shape index (κ2) is 6.06. The molecule has 1 saturated carbocycles. The molecule has 5 heteroatoms. The monoisotopic (exact) mass is 295 g/mol. The van der Waals surface area contributed by atoms with Crippen molar-refractivity contribution in [3.05, 3.63) is 29.8 Å². The topological polar surface area (TPSA) is 54.5 Å². The Kier molecular flexibility index (Phi) is 4.60. The SMILES string of the molecule is CCCCN(C)S(=O)(=O)c1ccc(C(=O)C2CC2)cc1. The zero-order chi connectivity index (χ0) is 14.8. The molecule has 4 nitrogen and oxygen atoms in total. The van der Waals surface area contributed by atoms with Gasteiger partial charge in [-0.1, -0.05) is 25.5 Å². The Bertz CT molecular complexity index is 574. The molecule has 0 amide bonds. The van der Waals surface area contributed by atoms with Gasteiger partial charge >= 0.3 is 0 Å². The first-order valence-corrected chi connectivity index (χ1v) is 8.51. The van der Waals surface area contributed by atoms with E-state index in [0.717, 1.165) is 25.7 Å². The quantitative estimate of drug-likeness (QED) is 0.727. The molecule has 0 spiro atoms. The average molecular weight is 295 g/mol. The van der Waals surface area contributed by atoms with E-state index in [4.69, 9.17) is 0 Å². The molecule has 0 bridgehead atoms. The molecular formula is C15H21NO3S. The van der Waals surface area contributed by atoms with Gasteiger partial charge in [-0.15, -0.1) is 0 Å². The molecule has 1 aromatic carbocycles. The van der Waals surface area contributed by atoms with Crippen LogP contribution in [0.5, 0.6) is 0 Å². The van der Waals surface area contributed by atoms with Gasteiger partial charge < -0.3 is 0 Å². The molecular weight excluding hydrogens is 274 g/mol. The number of Topliss-reactive ketones (excluding diaryl/α,β-unsaturated/α-hetero) is 1. The predicted octanol–water partition coefficient (Wildman–Crippen LogP) is 2.70. The van der Waals surface area contributed by atoms with Crippen LogP contribution in [-0.2, 0) is 10.0 Å². The molecule has 0 aromatic heterocycles. The van der Waals surface area contributed by atoms with Gasteiger partial charge in [0.1, 0.15) is 0 Å². The van der Waals surface area contributed by atoms with E-state index in [1.165, 1.54) is 16.4 Å². The van der Waals surface area contributed by atoms with E-state index in [1.54, 1.807) is 19.2 Å². The van der Waals surface area contributed by atoms with Crippen molar-refractivity contribution in [1.29, 1.82) is 0 Å². The minimum Gasteiger partial charge on any atom is -0.294 e. The van der Waals surface area contributed by atoms with E-state index in [9.17, 15) is 13.2 Å². The van der Waals surface area contributed by atoms with Gasteiger partial charge in [0.25, 0.3) is 0 Å². The number of benzene rings is 1. The molecule has 0 heterocycles. The van der Waals surface area contributed by atoms with Gasteiger partial charge in [0, 0.05) is 25.1 Å². The summed E-state index contributed by atoms with van der Waals surface area (Å²) in [5, 5.41) is 0. The van der Waals surface area contributed by atoms with Gasteiger partial charge in [-0.25, -0.2) is 12.7 Å². The Hall–Kier alpha value is -1.20. The van der Waals surface area contributed by atoms with Crippen molar-refractivity contribution in [2.75, 3.05) is 13.6 Å². The maximum absolute atomic E-state index is 12.3. The highest BCUT2D eigenvalue weighted by atomic mass is 32.2. The van der Waals surface area contributed by atoms with Gasteiger partial charge in [0.2, 0.25) is 10.0 Å². The molecule has 20 heavy (non-hydrogen) atoms. The molecule has 0 atom stereocenters. The van der Waals surface area contributed by atoms with Crippen molar-refractivity contribution in [3.8, 4) is 0 Å². The first-order chi connectivity index (χ1) is 9.46. The minimum absolute atomic E-state index is 0.133. The number of unbranched alkanes of at least 4 members (excludes halogenated alkanes) is 1. The third-order valence-corrected chi connectivity index (χ3v) is 5.49. The Morgan fingerprint density at radius 3 is 2.35 bits per heavy atom. The standard InChI is InChI=1S/C15H21NO3S/c1-3-4-11-16(2)20(18,19)14-9-7-13(8-10-14)15(17)12-5-6-12/h7-10,12H,3-6,11H2,1-2H3. The van der Waals surface area contributed by atoms with Crippen LogP contribution in [-0.4, -0.2) is 32.1 Å². The van der Waals surface area contributed by atoms with Crippen LogP contribution in [0.1, 0.15) is 43.0 Å². The van der Waals surface area contributed by atoms with Gasteiger partial charge in [-0.05, 0) is 31.4 Å². The lowest BCUT2D eigenvalue weighted by Gasteiger charge is -2.16. The van der Waals surface area contributed by atoms with Crippen LogP contribution < -0.4 is 0 Å². The molecule has 1 aromatic rings. The Morgan fingerprint density at radius 1 is 1.25 bits per heavy atom. The molecule has 0 N–H and O–H groups in total. The highest BCUT2D eigenvalue weighted by molar-refractivity contribution is 7.89. The van der Waals surface area contributed by atoms with Crippen LogP contribution in [0.4, 0.5) is 0 Å². The third-order valence-electron chi connectivity index (χ3n) is 3.62. The van der Waals surface area contributed by atoms with Crippen molar-refractivity contribution >= 4 is 15.8 Å². The van der Waals surface area contributed by atoms with E-state index < -0.39 is 10.0 Å². The second-order valence-corrected chi connectivity index (χ2v) is 7.39. The lowest BCUT2D eigenvalue weighted by Crippen LogP contribution is -2.27. The summed E-state index contributed by atoms with van der Waals surface area (Å²) >= 11 is 0. The molecule has 0 aliphatic heterocycles. The van der Waals surface area contributed by atoms with Crippen molar-refractivity contribution < 1.29 is 13.2 Å². The van der Waals surface area contributed by atoms with Gasteiger partial charge in [0.15, 0.2) is 5.78 Å². The van der Waals surface area contributed by atoms with E-state index in [-0.39, 0.29) is 16.6 Å². The molecule has 0 radical (unpaired) electrons. The number of sulfonamides is 1. The zero-order valence-corrected chi connectivity index (χ0v) is 12.8. The number of hydrogen-bond acceptors (Lipinski definition) is 3. The minimum atomic E-state index is -3.44. The summed E-state index contributed by atoms with van der Waals surface area (Å²) < 4.78 is 26.0. The molecule has 0 unspecified atom stereocenters. The lowest BCUT2D eigenvalue weighted by atomic mass is 10.1. The van der Waals surface area contributed by atoms with Crippen LogP contribution in [0.3, 0.4) is 0 Å². The molecule has 2 rings (SSSR count). The number of ketones is 1. The lowest BCUT2D eigenvalue weighted by molar-refractivity contribution is 0.0967. The molecule has 1 aliphatic rings. The third kappa shape index (κ3) is 3.27. The Balaban J connectivity index is 2.13. The average Bonchev–Trinajstić information content (AvgIpc) is 3.28. The van der Waals surface area contributed by atoms with Crippen LogP contribution in [0.2, 0.25) is 0 Å². The fraction of sp³-hybridized carbons (Fsp3) is 0.533. The predicted molar refractivity (Wildman–Crippen MR) is 78.2 cm³/mol. The maximum Gasteiger partial charge on any atom is 0.242 e. The van der Waals surface area contributed by atoms with Crippen LogP contribution in [0.25, 0.3) is 0 Å². The summed E-state index contributed by atoms with van der Waals surface area (Å²) in [5.41, 5.74) is 0.614. The van der Waals surface area contributed by atoms with Crippen LogP contribution in [0, 0.1) is 5.92 Å². The fourth-order valence-electron chi connectivity index (χ4n) is 2.05. The van der Waals surface area contributed by atoms with Crippen LogP contribution in [0.15, 0.2) is 29.2 Å².